The van der Waals surface area contributed by atoms with Gasteiger partial charge in [0.05, 0.1) is 6.42 Å². The van der Waals surface area contributed by atoms with Gasteiger partial charge in [0.1, 0.15) is 5.82 Å². The highest BCUT2D eigenvalue weighted by molar-refractivity contribution is 5.96. The van der Waals surface area contributed by atoms with E-state index >= 15 is 0 Å². The van der Waals surface area contributed by atoms with Crippen molar-refractivity contribution in [2.24, 2.45) is 0 Å². The summed E-state index contributed by atoms with van der Waals surface area (Å²) in [6.07, 6.45) is 2.88. The van der Waals surface area contributed by atoms with E-state index in [1.807, 2.05) is 25.1 Å². The molecular formula is C19H19FN2O. The predicted molar refractivity (Wildman–Crippen MR) is 91.1 cm³/mol. The van der Waals surface area contributed by atoms with Crippen LogP contribution in [0.25, 0.3) is 10.9 Å². The first-order chi connectivity index (χ1) is 11.1. The average Bonchev–Trinajstić information content (AvgIpc) is 2.91. The number of hydrogen-bond donors (Lipinski definition) is 2. The molecule has 1 aromatic heterocycles. The number of aromatic nitrogens is 1. The third kappa shape index (κ3) is 3.11. The number of halogens is 1. The van der Waals surface area contributed by atoms with E-state index in [0.717, 1.165) is 34.2 Å². The van der Waals surface area contributed by atoms with Crippen LogP contribution in [0.3, 0.4) is 0 Å². The van der Waals surface area contributed by atoms with Gasteiger partial charge in [0.25, 0.3) is 0 Å². The molecule has 0 radical (unpaired) electrons. The van der Waals surface area contributed by atoms with Crippen molar-refractivity contribution in [3.63, 3.8) is 0 Å². The number of aryl methyl sites for hydroxylation is 2. The van der Waals surface area contributed by atoms with Crippen LogP contribution in [0, 0.1) is 12.7 Å². The smallest absolute Gasteiger partial charge is 0.228 e. The van der Waals surface area contributed by atoms with Gasteiger partial charge in [0.15, 0.2) is 0 Å². The van der Waals surface area contributed by atoms with Gasteiger partial charge in [-0.3, -0.25) is 4.79 Å². The Balaban J connectivity index is 1.82. The normalized spacial score (nSPS) is 10.9. The van der Waals surface area contributed by atoms with Gasteiger partial charge in [-0.1, -0.05) is 25.1 Å². The van der Waals surface area contributed by atoms with E-state index in [4.69, 9.17) is 0 Å². The van der Waals surface area contributed by atoms with Crippen LogP contribution in [-0.2, 0) is 17.6 Å². The van der Waals surface area contributed by atoms with E-state index in [1.54, 1.807) is 12.3 Å². The number of fused-ring (bicyclic) bond motifs is 1. The average molecular weight is 310 g/mol. The fourth-order valence-electron chi connectivity index (χ4n) is 2.86. The Morgan fingerprint density at radius 1 is 1.22 bits per heavy atom. The summed E-state index contributed by atoms with van der Waals surface area (Å²) in [7, 11) is 0. The molecule has 1 heterocycles. The summed E-state index contributed by atoms with van der Waals surface area (Å²) in [6, 6.07) is 10.6. The van der Waals surface area contributed by atoms with E-state index < -0.39 is 0 Å². The second kappa shape index (κ2) is 6.24. The third-order valence-electron chi connectivity index (χ3n) is 4.08. The van der Waals surface area contributed by atoms with Crippen molar-refractivity contribution in [3.05, 3.63) is 65.1 Å². The van der Waals surface area contributed by atoms with Crippen LogP contribution in [-0.4, -0.2) is 10.9 Å². The van der Waals surface area contributed by atoms with Gasteiger partial charge in [-0.25, -0.2) is 4.39 Å². The Bertz CT molecular complexity index is 867. The summed E-state index contributed by atoms with van der Waals surface area (Å²) in [4.78, 5) is 15.4. The summed E-state index contributed by atoms with van der Waals surface area (Å²) in [5.74, 6) is -0.359. The zero-order valence-corrected chi connectivity index (χ0v) is 13.2. The molecule has 0 saturated carbocycles. The number of rotatable bonds is 4. The van der Waals surface area contributed by atoms with E-state index in [1.165, 1.54) is 12.1 Å². The van der Waals surface area contributed by atoms with Gasteiger partial charge in [-0.2, -0.15) is 0 Å². The monoisotopic (exact) mass is 310 g/mol. The number of aromatic amines is 1. The van der Waals surface area contributed by atoms with E-state index in [9.17, 15) is 9.18 Å². The molecule has 0 bridgehead atoms. The summed E-state index contributed by atoms with van der Waals surface area (Å²) < 4.78 is 13.2. The Hall–Kier alpha value is -2.62. The van der Waals surface area contributed by atoms with Crippen LogP contribution < -0.4 is 5.32 Å². The standard InChI is InChI=1S/C19H19FN2O/c1-3-13-6-4-5-12(2)19(13)22-18(23)9-14-11-21-17-10-15(20)7-8-16(14)17/h4-8,10-11,21H,3,9H2,1-2H3,(H,22,23). The summed E-state index contributed by atoms with van der Waals surface area (Å²) in [6.45, 7) is 4.06. The summed E-state index contributed by atoms with van der Waals surface area (Å²) in [5, 5.41) is 3.89. The maximum absolute atomic E-state index is 13.2. The third-order valence-corrected chi connectivity index (χ3v) is 4.08. The van der Waals surface area contributed by atoms with Gasteiger partial charge < -0.3 is 10.3 Å². The highest BCUT2D eigenvalue weighted by Gasteiger charge is 2.12. The molecule has 1 amide bonds. The molecule has 4 heteroatoms. The number of hydrogen-bond acceptors (Lipinski definition) is 1. The molecule has 0 aliphatic rings. The number of benzene rings is 2. The zero-order chi connectivity index (χ0) is 16.4. The van der Waals surface area contributed by atoms with Crippen LogP contribution in [0.4, 0.5) is 10.1 Å². The van der Waals surface area contributed by atoms with Crippen molar-refractivity contribution < 1.29 is 9.18 Å². The van der Waals surface area contributed by atoms with Gasteiger partial charge in [-0.05, 0) is 48.2 Å². The van der Waals surface area contributed by atoms with Crippen molar-refractivity contribution in [1.82, 2.24) is 4.98 Å². The lowest BCUT2D eigenvalue weighted by Gasteiger charge is -2.12. The number of amides is 1. The summed E-state index contributed by atoms with van der Waals surface area (Å²) in [5.41, 5.74) is 4.64. The van der Waals surface area contributed by atoms with E-state index in [2.05, 4.69) is 17.2 Å². The second-order valence-corrected chi connectivity index (χ2v) is 5.69. The predicted octanol–water partition coefficient (Wildman–Crippen LogP) is 4.36. The lowest BCUT2D eigenvalue weighted by Crippen LogP contribution is -2.16. The van der Waals surface area contributed by atoms with Gasteiger partial charge in [0.2, 0.25) is 5.91 Å². The minimum Gasteiger partial charge on any atom is -0.361 e. The lowest BCUT2D eigenvalue weighted by molar-refractivity contribution is -0.115. The molecule has 3 nitrogen and oxygen atoms in total. The molecule has 0 saturated heterocycles. The highest BCUT2D eigenvalue weighted by Crippen LogP contribution is 2.23. The Morgan fingerprint density at radius 2 is 2.04 bits per heavy atom. The molecule has 0 unspecified atom stereocenters. The molecule has 0 atom stereocenters. The molecule has 2 aromatic carbocycles. The summed E-state index contributed by atoms with van der Waals surface area (Å²) >= 11 is 0. The molecule has 0 aliphatic carbocycles. The number of carbonyl (C=O) groups excluding carboxylic acids is 1. The van der Waals surface area contributed by atoms with Crippen LogP contribution >= 0.6 is 0 Å². The maximum atomic E-state index is 13.2. The number of carbonyl (C=O) groups is 1. The van der Waals surface area contributed by atoms with Gasteiger partial charge in [0, 0.05) is 22.8 Å². The first kappa shape index (κ1) is 15.3. The molecule has 0 fully saturated rings. The van der Waals surface area contributed by atoms with E-state index in [0.29, 0.717) is 5.52 Å². The highest BCUT2D eigenvalue weighted by atomic mass is 19.1. The zero-order valence-electron chi connectivity index (χ0n) is 13.2. The first-order valence-electron chi connectivity index (χ1n) is 7.72. The fourth-order valence-corrected chi connectivity index (χ4v) is 2.86. The number of anilines is 1. The quantitative estimate of drug-likeness (QED) is 0.739. The Labute approximate surface area is 134 Å². The number of H-pyrrole nitrogens is 1. The second-order valence-electron chi connectivity index (χ2n) is 5.69. The van der Waals surface area contributed by atoms with Gasteiger partial charge in [-0.15, -0.1) is 0 Å². The molecule has 0 aliphatic heterocycles. The largest absolute Gasteiger partial charge is 0.361 e. The SMILES string of the molecule is CCc1cccc(C)c1NC(=O)Cc1c[nH]c2cc(F)ccc12. The van der Waals surface area contributed by atoms with Crippen LogP contribution in [0.1, 0.15) is 23.6 Å². The van der Waals surface area contributed by atoms with Gasteiger partial charge >= 0.3 is 0 Å². The molecule has 118 valence electrons. The van der Waals surface area contributed by atoms with Crippen molar-refractivity contribution in [2.75, 3.05) is 5.32 Å². The number of nitrogens with one attached hydrogen (secondary N) is 2. The lowest BCUT2D eigenvalue weighted by atomic mass is 10.0. The molecule has 3 aromatic rings. The first-order valence-corrected chi connectivity index (χ1v) is 7.72. The molecule has 3 rings (SSSR count). The molecule has 23 heavy (non-hydrogen) atoms. The van der Waals surface area contributed by atoms with Crippen LogP contribution in [0.5, 0.6) is 0 Å². The van der Waals surface area contributed by atoms with Crippen molar-refractivity contribution in [3.8, 4) is 0 Å². The minimum absolute atomic E-state index is 0.0702. The van der Waals surface area contributed by atoms with Crippen LogP contribution in [0.15, 0.2) is 42.6 Å². The van der Waals surface area contributed by atoms with E-state index in [-0.39, 0.29) is 18.1 Å². The maximum Gasteiger partial charge on any atom is 0.228 e. The minimum atomic E-state index is -0.289. The van der Waals surface area contributed by atoms with Crippen molar-refractivity contribution in [1.29, 1.82) is 0 Å². The molecule has 2 N–H and O–H groups in total. The Morgan fingerprint density at radius 3 is 2.83 bits per heavy atom. The number of para-hydroxylation sites is 1. The topological polar surface area (TPSA) is 44.9 Å². The Kier molecular flexibility index (Phi) is 4.15. The van der Waals surface area contributed by atoms with Crippen molar-refractivity contribution >= 4 is 22.5 Å². The van der Waals surface area contributed by atoms with Crippen LogP contribution in [0.2, 0.25) is 0 Å². The fraction of sp³-hybridized carbons (Fsp3) is 0.211. The molecule has 0 spiro atoms. The molecular weight excluding hydrogens is 291 g/mol. The van der Waals surface area contributed by atoms with Crippen molar-refractivity contribution in [2.45, 2.75) is 26.7 Å².